The molecule has 0 saturated heterocycles. The van der Waals surface area contributed by atoms with Crippen LogP contribution < -0.4 is 0 Å². The summed E-state index contributed by atoms with van der Waals surface area (Å²) in [6.07, 6.45) is 98.2. The van der Waals surface area contributed by atoms with E-state index >= 15 is 0 Å². The van der Waals surface area contributed by atoms with E-state index in [4.69, 9.17) is 14.2 Å². The summed E-state index contributed by atoms with van der Waals surface area (Å²) in [5.74, 6) is -0.961. The first-order valence-corrected chi connectivity index (χ1v) is 33.0. The van der Waals surface area contributed by atoms with E-state index < -0.39 is 6.10 Å². The van der Waals surface area contributed by atoms with E-state index in [-0.39, 0.29) is 31.1 Å². The number of ether oxygens (including phenoxy) is 3. The molecule has 0 radical (unpaired) electrons. The van der Waals surface area contributed by atoms with Crippen LogP contribution in [0, 0.1) is 0 Å². The fourth-order valence-corrected chi connectivity index (χ4v) is 8.55. The van der Waals surface area contributed by atoms with Gasteiger partial charge in [-0.3, -0.25) is 14.4 Å². The van der Waals surface area contributed by atoms with E-state index in [0.29, 0.717) is 19.3 Å². The largest absolute Gasteiger partial charge is 0.462 e. The third-order valence-electron chi connectivity index (χ3n) is 13.5. The standard InChI is InChI=1S/C75H120O6/c1-4-7-10-13-16-19-22-25-27-29-31-32-33-34-35-36-37-38-39-40-41-42-44-45-47-50-53-56-59-62-65-68-74(77)80-71-72(70-79-73(76)67-64-61-58-55-52-49-24-21-18-15-12-9-6-3)81-75(78)69-66-63-60-57-54-51-48-46-43-30-28-26-23-20-17-14-11-8-5-2/h7,10,16-17,19-21,24-28,31-32,34-35,37-38,40-41,43-46,50,53,72H,4-6,8-9,11-15,18,22-23,29-30,33,36,39,42,47-49,51-52,54-71H2,1-3H3/b10-7-,19-16-,20-17-,24-21-,27-25-,28-26-,32-31-,35-34-,38-37-,41-40-,45-44-,46-43-,53-50-. The van der Waals surface area contributed by atoms with Gasteiger partial charge in [0.1, 0.15) is 13.2 Å². The molecule has 0 saturated carbocycles. The minimum absolute atomic E-state index is 0.104. The third kappa shape index (κ3) is 65.7. The van der Waals surface area contributed by atoms with Crippen LogP contribution in [0.3, 0.4) is 0 Å². The van der Waals surface area contributed by atoms with E-state index in [9.17, 15) is 14.4 Å². The van der Waals surface area contributed by atoms with Crippen LogP contribution in [0.2, 0.25) is 0 Å². The highest BCUT2D eigenvalue weighted by Gasteiger charge is 2.19. The Morgan fingerprint density at radius 1 is 0.259 bits per heavy atom. The molecule has 0 aliphatic rings. The Morgan fingerprint density at radius 2 is 0.481 bits per heavy atom. The Hall–Kier alpha value is -4.97. The predicted octanol–water partition coefficient (Wildman–Crippen LogP) is 22.9. The summed E-state index contributed by atoms with van der Waals surface area (Å²) in [6.45, 7) is 6.44. The third-order valence-corrected chi connectivity index (χ3v) is 13.5. The van der Waals surface area contributed by atoms with Crippen molar-refractivity contribution in [2.24, 2.45) is 0 Å². The molecular weight excluding hydrogens is 997 g/mol. The molecule has 456 valence electrons. The molecule has 0 rings (SSSR count). The lowest BCUT2D eigenvalue weighted by Crippen LogP contribution is -2.30. The first kappa shape index (κ1) is 76.0. The lowest BCUT2D eigenvalue weighted by atomic mass is 10.1. The zero-order valence-corrected chi connectivity index (χ0v) is 52.2. The molecule has 0 aliphatic carbocycles. The molecular formula is C75H120O6. The molecule has 0 aromatic rings. The number of carbonyl (C=O) groups is 3. The van der Waals surface area contributed by atoms with Gasteiger partial charge in [0.05, 0.1) is 0 Å². The first-order chi connectivity index (χ1) is 40.0. The Bertz CT molecular complexity index is 1810. The van der Waals surface area contributed by atoms with Gasteiger partial charge in [0.25, 0.3) is 0 Å². The molecule has 0 spiro atoms. The Labute approximate surface area is 499 Å². The maximum Gasteiger partial charge on any atom is 0.306 e. The summed E-state index contributed by atoms with van der Waals surface area (Å²) in [5, 5.41) is 0. The fraction of sp³-hybridized carbons (Fsp3) is 0.613. The van der Waals surface area contributed by atoms with Crippen molar-refractivity contribution < 1.29 is 28.6 Å². The van der Waals surface area contributed by atoms with Gasteiger partial charge in [-0.05, 0) is 154 Å². The quantitative estimate of drug-likeness (QED) is 0.0261. The summed E-state index contributed by atoms with van der Waals surface area (Å²) in [4.78, 5) is 38.3. The Balaban J connectivity index is 4.43. The Morgan fingerprint density at radius 3 is 0.802 bits per heavy atom. The summed E-state index contributed by atoms with van der Waals surface area (Å²) in [6, 6.07) is 0. The van der Waals surface area contributed by atoms with Gasteiger partial charge in [-0.15, -0.1) is 0 Å². The van der Waals surface area contributed by atoms with E-state index in [0.717, 1.165) is 161 Å². The second kappa shape index (κ2) is 67.5. The topological polar surface area (TPSA) is 78.9 Å². The molecule has 1 unspecified atom stereocenters. The normalized spacial score (nSPS) is 13.2. The van der Waals surface area contributed by atoms with Gasteiger partial charge in [0, 0.05) is 19.3 Å². The molecule has 0 bridgehead atoms. The van der Waals surface area contributed by atoms with Crippen molar-refractivity contribution in [2.75, 3.05) is 13.2 Å². The highest BCUT2D eigenvalue weighted by atomic mass is 16.6. The van der Waals surface area contributed by atoms with Crippen molar-refractivity contribution in [2.45, 2.75) is 284 Å². The molecule has 6 nitrogen and oxygen atoms in total. The highest BCUT2D eigenvalue weighted by Crippen LogP contribution is 2.14. The number of esters is 3. The van der Waals surface area contributed by atoms with Crippen LogP contribution in [-0.2, 0) is 28.6 Å². The van der Waals surface area contributed by atoms with Crippen molar-refractivity contribution in [3.05, 3.63) is 158 Å². The average molecular weight is 1120 g/mol. The fourth-order valence-electron chi connectivity index (χ4n) is 8.55. The van der Waals surface area contributed by atoms with Crippen LogP contribution >= 0.6 is 0 Å². The molecule has 0 heterocycles. The summed E-state index contributed by atoms with van der Waals surface area (Å²) >= 11 is 0. The molecule has 0 aliphatic heterocycles. The predicted molar refractivity (Wildman–Crippen MR) is 352 cm³/mol. The van der Waals surface area contributed by atoms with Crippen LogP contribution in [0.15, 0.2) is 158 Å². The maximum atomic E-state index is 12.9. The van der Waals surface area contributed by atoms with Gasteiger partial charge in [-0.25, -0.2) is 0 Å². The zero-order valence-electron chi connectivity index (χ0n) is 52.2. The minimum atomic E-state index is -0.811. The summed E-state index contributed by atoms with van der Waals surface area (Å²) < 4.78 is 16.9. The van der Waals surface area contributed by atoms with Gasteiger partial charge >= 0.3 is 17.9 Å². The van der Waals surface area contributed by atoms with Crippen LogP contribution in [0.1, 0.15) is 278 Å². The average Bonchev–Trinajstić information content (AvgIpc) is 3.46. The highest BCUT2D eigenvalue weighted by molar-refractivity contribution is 5.71. The molecule has 0 fully saturated rings. The maximum absolute atomic E-state index is 12.9. The number of hydrogen-bond donors (Lipinski definition) is 0. The lowest BCUT2D eigenvalue weighted by Gasteiger charge is -2.18. The van der Waals surface area contributed by atoms with Crippen LogP contribution in [0.25, 0.3) is 0 Å². The molecule has 0 aromatic carbocycles. The lowest BCUT2D eigenvalue weighted by molar-refractivity contribution is -0.167. The van der Waals surface area contributed by atoms with Crippen molar-refractivity contribution in [3.8, 4) is 0 Å². The second-order valence-electron chi connectivity index (χ2n) is 21.3. The van der Waals surface area contributed by atoms with E-state index in [1.807, 2.05) is 0 Å². The Kier molecular flexibility index (Phi) is 63.4. The number of carbonyl (C=O) groups excluding carboxylic acids is 3. The first-order valence-electron chi connectivity index (χ1n) is 33.0. The summed E-state index contributed by atoms with van der Waals surface area (Å²) in [5.41, 5.74) is 0. The smallest absolute Gasteiger partial charge is 0.306 e. The van der Waals surface area contributed by atoms with E-state index in [2.05, 4.69) is 179 Å². The number of allylic oxidation sites excluding steroid dienone is 26. The van der Waals surface area contributed by atoms with Crippen molar-refractivity contribution in [3.63, 3.8) is 0 Å². The number of hydrogen-bond acceptors (Lipinski definition) is 6. The molecule has 0 aromatic heterocycles. The molecule has 6 heteroatoms. The summed E-state index contributed by atoms with van der Waals surface area (Å²) in [7, 11) is 0. The molecule has 0 amide bonds. The van der Waals surface area contributed by atoms with E-state index in [1.54, 1.807) is 0 Å². The van der Waals surface area contributed by atoms with Gasteiger partial charge in [-0.2, -0.15) is 0 Å². The zero-order chi connectivity index (χ0) is 58.5. The van der Waals surface area contributed by atoms with Crippen molar-refractivity contribution >= 4 is 17.9 Å². The van der Waals surface area contributed by atoms with Crippen LogP contribution in [-0.4, -0.2) is 37.2 Å². The SMILES string of the molecule is CC/C=C\C/C=C\C/C=C\C/C=C\C/C=C\C/C=C\C/C=C\C/C=C\C/C=C\CCCCCC(=O)OCC(COC(=O)CCCCCCC/C=C\CCCCCC)OC(=O)CCCCCCCC/C=C\C/C=C\C/C=C\CCCCC. The molecule has 81 heavy (non-hydrogen) atoms. The van der Waals surface area contributed by atoms with Gasteiger partial charge in [-0.1, -0.05) is 262 Å². The monoisotopic (exact) mass is 1120 g/mol. The number of unbranched alkanes of at least 4 members (excludes halogenated alkanes) is 21. The van der Waals surface area contributed by atoms with E-state index in [1.165, 1.54) is 77.0 Å². The van der Waals surface area contributed by atoms with Gasteiger partial charge in [0.2, 0.25) is 0 Å². The van der Waals surface area contributed by atoms with Crippen LogP contribution in [0.5, 0.6) is 0 Å². The number of rotatable bonds is 58. The van der Waals surface area contributed by atoms with Gasteiger partial charge in [0.15, 0.2) is 6.10 Å². The van der Waals surface area contributed by atoms with Crippen molar-refractivity contribution in [1.82, 2.24) is 0 Å². The second-order valence-corrected chi connectivity index (χ2v) is 21.3. The minimum Gasteiger partial charge on any atom is -0.462 e. The molecule has 0 N–H and O–H groups in total. The van der Waals surface area contributed by atoms with Crippen LogP contribution in [0.4, 0.5) is 0 Å². The van der Waals surface area contributed by atoms with Crippen molar-refractivity contribution in [1.29, 1.82) is 0 Å². The van der Waals surface area contributed by atoms with Gasteiger partial charge < -0.3 is 14.2 Å². The molecule has 1 atom stereocenters.